The minimum atomic E-state index is -0.206. The highest BCUT2D eigenvalue weighted by molar-refractivity contribution is 5.76. The summed E-state index contributed by atoms with van der Waals surface area (Å²) in [5, 5.41) is 7.26. The number of hydrogen-bond donors (Lipinski definition) is 1. The Morgan fingerprint density at radius 1 is 1.28 bits per heavy atom. The van der Waals surface area contributed by atoms with Crippen LogP contribution in [0.2, 0.25) is 0 Å². The predicted molar refractivity (Wildman–Crippen MR) is 94.9 cm³/mol. The zero-order valence-electron chi connectivity index (χ0n) is 14.6. The van der Waals surface area contributed by atoms with Crippen LogP contribution in [0.3, 0.4) is 0 Å². The van der Waals surface area contributed by atoms with E-state index in [1.807, 2.05) is 18.2 Å². The van der Waals surface area contributed by atoms with Crippen LogP contribution in [0.15, 0.2) is 29.2 Å². The van der Waals surface area contributed by atoms with Gasteiger partial charge in [0.25, 0.3) is 0 Å². The SMILES string of the molecule is Cn1c(-c2ccccn2)nn(CCNC(=O)CC2CCCCC2)c1=O. The van der Waals surface area contributed by atoms with Gasteiger partial charge in [-0.3, -0.25) is 14.3 Å². The van der Waals surface area contributed by atoms with Gasteiger partial charge in [-0.15, -0.1) is 5.10 Å². The van der Waals surface area contributed by atoms with Crippen LogP contribution in [0.1, 0.15) is 38.5 Å². The average Bonchev–Trinajstić information content (AvgIpc) is 2.92. The molecule has 134 valence electrons. The first kappa shape index (κ1) is 17.4. The van der Waals surface area contributed by atoms with Gasteiger partial charge < -0.3 is 5.32 Å². The Morgan fingerprint density at radius 2 is 2.08 bits per heavy atom. The number of hydrogen-bond acceptors (Lipinski definition) is 4. The third kappa shape index (κ3) is 4.35. The highest BCUT2D eigenvalue weighted by atomic mass is 16.2. The number of aromatic nitrogens is 4. The second-order valence-electron chi connectivity index (χ2n) is 6.66. The molecule has 3 rings (SSSR count). The molecule has 0 spiro atoms. The zero-order chi connectivity index (χ0) is 17.6. The predicted octanol–water partition coefficient (Wildman–Crippen LogP) is 1.73. The number of amides is 1. The molecule has 7 heteroatoms. The summed E-state index contributed by atoms with van der Waals surface area (Å²) in [7, 11) is 1.68. The molecule has 1 aliphatic carbocycles. The largest absolute Gasteiger partial charge is 0.354 e. The van der Waals surface area contributed by atoms with Crippen LogP contribution in [0.25, 0.3) is 11.5 Å². The molecule has 2 aromatic heterocycles. The van der Waals surface area contributed by atoms with E-state index in [-0.39, 0.29) is 11.6 Å². The maximum atomic E-state index is 12.3. The van der Waals surface area contributed by atoms with E-state index in [1.165, 1.54) is 28.5 Å². The van der Waals surface area contributed by atoms with Gasteiger partial charge in [-0.1, -0.05) is 25.3 Å². The second-order valence-corrected chi connectivity index (χ2v) is 6.66. The van der Waals surface area contributed by atoms with Gasteiger partial charge >= 0.3 is 5.69 Å². The average molecular weight is 343 g/mol. The minimum absolute atomic E-state index is 0.0702. The van der Waals surface area contributed by atoms with Gasteiger partial charge in [0.15, 0.2) is 5.82 Å². The Bertz CT molecular complexity index is 760. The summed E-state index contributed by atoms with van der Waals surface area (Å²) in [6, 6.07) is 5.50. The van der Waals surface area contributed by atoms with E-state index in [4.69, 9.17) is 0 Å². The summed E-state index contributed by atoms with van der Waals surface area (Å²) in [5.74, 6) is 1.11. The van der Waals surface area contributed by atoms with Crippen molar-refractivity contribution >= 4 is 5.91 Å². The van der Waals surface area contributed by atoms with Crippen molar-refractivity contribution in [3.63, 3.8) is 0 Å². The summed E-state index contributed by atoms with van der Waals surface area (Å²) in [4.78, 5) is 28.6. The lowest BCUT2D eigenvalue weighted by Crippen LogP contribution is -2.32. The van der Waals surface area contributed by atoms with Crippen LogP contribution in [0.4, 0.5) is 0 Å². The molecule has 1 saturated carbocycles. The lowest BCUT2D eigenvalue weighted by molar-refractivity contribution is -0.122. The van der Waals surface area contributed by atoms with Crippen LogP contribution in [-0.4, -0.2) is 31.8 Å². The molecular formula is C18H25N5O2. The minimum Gasteiger partial charge on any atom is -0.354 e. The maximum absolute atomic E-state index is 12.3. The van der Waals surface area contributed by atoms with Gasteiger partial charge in [0.05, 0.1) is 6.54 Å². The molecule has 0 aliphatic heterocycles. The van der Waals surface area contributed by atoms with Crippen molar-refractivity contribution in [3.8, 4) is 11.5 Å². The van der Waals surface area contributed by atoms with Gasteiger partial charge in [0, 0.05) is 26.2 Å². The summed E-state index contributed by atoms with van der Waals surface area (Å²) < 4.78 is 2.86. The van der Waals surface area contributed by atoms with Crippen LogP contribution >= 0.6 is 0 Å². The number of nitrogens with zero attached hydrogens (tertiary/aromatic N) is 4. The molecule has 7 nitrogen and oxygen atoms in total. The van der Waals surface area contributed by atoms with Gasteiger partial charge in [0.1, 0.15) is 5.69 Å². The van der Waals surface area contributed by atoms with Crippen molar-refractivity contribution in [2.75, 3.05) is 6.54 Å². The van der Waals surface area contributed by atoms with Crippen molar-refractivity contribution in [2.45, 2.75) is 45.1 Å². The molecule has 1 fully saturated rings. The number of carbonyl (C=O) groups excluding carboxylic acids is 1. The number of pyridine rings is 1. The molecule has 2 heterocycles. The summed E-state index contributed by atoms with van der Waals surface area (Å²) >= 11 is 0. The molecule has 1 N–H and O–H groups in total. The Hall–Kier alpha value is -2.44. The third-order valence-corrected chi connectivity index (χ3v) is 4.78. The topological polar surface area (TPSA) is 81.8 Å². The van der Waals surface area contributed by atoms with Crippen molar-refractivity contribution in [1.82, 2.24) is 24.6 Å². The summed E-state index contributed by atoms with van der Waals surface area (Å²) in [6.45, 7) is 0.764. The zero-order valence-corrected chi connectivity index (χ0v) is 14.6. The first-order valence-electron chi connectivity index (χ1n) is 8.97. The second kappa shape index (κ2) is 8.09. The summed E-state index contributed by atoms with van der Waals surface area (Å²) in [5.41, 5.74) is 0.448. The van der Waals surface area contributed by atoms with Gasteiger partial charge in [-0.25, -0.2) is 9.48 Å². The Labute approximate surface area is 147 Å². The van der Waals surface area contributed by atoms with E-state index in [0.29, 0.717) is 36.9 Å². The summed E-state index contributed by atoms with van der Waals surface area (Å²) in [6.07, 6.45) is 8.33. The lowest BCUT2D eigenvalue weighted by atomic mass is 9.87. The van der Waals surface area contributed by atoms with Crippen molar-refractivity contribution in [2.24, 2.45) is 13.0 Å². The lowest BCUT2D eigenvalue weighted by Gasteiger charge is -2.20. The van der Waals surface area contributed by atoms with Crippen LogP contribution < -0.4 is 11.0 Å². The van der Waals surface area contributed by atoms with E-state index in [9.17, 15) is 9.59 Å². The number of rotatable bonds is 6. The monoisotopic (exact) mass is 343 g/mol. The Morgan fingerprint density at radius 3 is 2.80 bits per heavy atom. The van der Waals surface area contributed by atoms with E-state index < -0.39 is 0 Å². The molecule has 0 unspecified atom stereocenters. The molecular weight excluding hydrogens is 318 g/mol. The van der Waals surface area contributed by atoms with Crippen molar-refractivity contribution in [3.05, 3.63) is 34.9 Å². The van der Waals surface area contributed by atoms with Gasteiger partial charge in [-0.05, 0) is 30.9 Å². The molecule has 0 aromatic carbocycles. The fourth-order valence-corrected chi connectivity index (χ4v) is 3.38. The normalized spacial score (nSPS) is 15.2. The van der Waals surface area contributed by atoms with Crippen LogP contribution in [0, 0.1) is 5.92 Å². The van der Waals surface area contributed by atoms with E-state index >= 15 is 0 Å². The highest BCUT2D eigenvalue weighted by Crippen LogP contribution is 2.25. The van der Waals surface area contributed by atoms with E-state index in [2.05, 4.69) is 15.4 Å². The standard InChI is InChI=1S/C18H25N5O2/c1-22-17(15-9-5-6-10-19-15)21-23(18(22)25)12-11-20-16(24)13-14-7-3-2-4-8-14/h5-6,9-10,14H,2-4,7-8,11-13H2,1H3,(H,20,24). The molecule has 0 radical (unpaired) electrons. The fourth-order valence-electron chi connectivity index (χ4n) is 3.38. The van der Waals surface area contributed by atoms with E-state index in [0.717, 1.165) is 12.8 Å². The maximum Gasteiger partial charge on any atom is 0.346 e. The third-order valence-electron chi connectivity index (χ3n) is 4.78. The molecule has 1 aliphatic rings. The van der Waals surface area contributed by atoms with Crippen molar-refractivity contribution < 1.29 is 4.79 Å². The fraction of sp³-hybridized carbons (Fsp3) is 0.556. The molecule has 2 aromatic rings. The first-order valence-corrected chi connectivity index (χ1v) is 8.97. The van der Waals surface area contributed by atoms with Crippen LogP contribution in [0.5, 0.6) is 0 Å². The van der Waals surface area contributed by atoms with Gasteiger partial charge in [-0.2, -0.15) is 0 Å². The van der Waals surface area contributed by atoms with Crippen LogP contribution in [-0.2, 0) is 18.4 Å². The first-order chi connectivity index (χ1) is 12.1. The Kier molecular flexibility index (Phi) is 5.63. The molecule has 1 amide bonds. The van der Waals surface area contributed by atoms with Crippen molar-refractivity contribution in [1.29, 1.82) is 0 Å². The van der Waals surface area contributed by atoms with E-state index in [1.54, 1.807) is 13.2 Å². The quantitative estimate of drug-likeness (QED) is 0.866. The molecule has 0 bridgehead atoms. The number of carbonyl (C=O) groups is 1. The molecule has 25 heavy (non-hydrogen) atoms. The highest BCUT2D eigenvalue weighted by Gasteiger charge is 2.17. The molecule has 0 saturated heterocycles. The smallest absolute Gasteiger partial charge is 0.346 e. The Balaban J connectivity index is 1.55. The molecule has 0 atom stereocenters. The van der Waals surface area contributed by atoms with Gasteiger partial charge in [0.2, 0.25) is 5.91 Å². The number of nitrogens with one attached hydrogen (secondary N) is 1.